The Bertz CT molecular complexity index is 1560. The van der Waals surface area contributed by atoms with E-state index in [-0.39, 0.29) is 11.9 Å². The van der Waals surface area contributed by atoms with Crippen molar-refractivity contribution in [3.8, 4) is 0 Å². The molecule has 1 N–H and O–H groups in total. The maximum absolute atomic E-state index is 14.0. The van der Waals surface area contributed by atoms with Crippen molar-refractivity contribution in [2.75, 3.05) is 24.5 Å². The topological polar surface area (TPSA) is 82.4 Å². The van der Waals surface area contributed by atoms with Crippen LogP contribution in [0.25, 0.3) is 16.3 Å². The number of carbonyl (C=O) groups is 1. The lowest BCUT2D eigenvalue weighted by atomic mass is 9.97. The van der Waals surface area contributed by atoms with E-state index in [1.54, 1.807) is 12.5 Å². The number of fused-ring (bicyclic) bond motifs is 3. The van der Waals surface area contributed by atoms with Gasteiger partial charge in [-0.2, -0.15) is 5.10 Å². The number of aromatic nitrogens is 5. The molecular weight excluding hydrogens is 438 g/mol. The van der Waals surface area contributed by atoms with Gasteiger partial charge in [-0.3, -0.25) is 9.78 Å². The van der Waals surface area contributed by atoms with Gasteiger partial charge in [0.05, 0.1) is 46.9 Å². The standard InChI is InChI=1S/C27H25N7O/c35-27(21-15-31-34-16-20(7-8-24(21)34)32-10-3-4-11-32)33-12-9-22-25(30-17-29-22)26(33)23-13-18-5-1-2-6-19(18)14-28-23/h1-2,5-8,13-17,26H,3-4,9-12H2,(H,29,30)/t26-/m1/s1. The highest BCUT2D eigenvalue weighted by molar-refractivity contribution is 6.01. The van der Waals surface area contributed by atoms with E-state index in [4.69, 9.17) is 4.98 Å². The first-order valence-electron chi connectivity index (χ1n) is 12.2. The number of anilines is 1. The second-order valence-electron chi connectivity index (χ2n) is 9.34. The van der Waals surface area contributed by atoms with Gasteiger partial charge in [-0.15, -0.1) is 0 Å². The summed E-state index contributed by atoms with van der Waals surface area (Å²) in [5, 5.41) is 6.71. The predicted octanol–water partition coefficient (Wildman–Crippen LogP) is 3.99. The smallest absolute Gasteiger partial charge is 0.258 e. The minimum Gasteiger partial charge on any atom is -0.370 e. The van der Waals surface area contributed by atoms with Crippen molar-refractivity contribution >= 4 is 27.9 Å². The molecule has 7 rings (SSSR count). The van der Waals surface area contributed by atoms with Gasteiger partial charge in [-0.05, 0) is 36.4 Å². The molecule has 1 aromatic carbocycles. The van der Waals surface area contributed by atoms with Gasteiger partial charge in [0.2, 0.25) is 0 Å². The molecule has 2 aliphatic heterocycles. The Morgan fingerprint density at radius 1 is 0.971 bits per heavy atom. The zero-order chi connectivity index (χ0) is 23.4. The minimum atomic E-state index is -0.360. The van der Waals surface area contributed by atoms with Crippen LogP contribution in [-0.2, 0) is 6.42 Å². The number of pyridine rings is 2. The molecule has 0 saturated carbocycles. The van der Waals surface area contributed by atoms with Crippen LogP contribution < -0.4 is 4.90 Å². The Morgan fingerprint density at radius 3 is 2.71 bits per heavy atom. The molecule has 0 aliphatic carbocycles. The van der Waals surface area contributed by atoms with Crippen LogP contribution in [0.15, 0.2) is 67.4 Å². The highest BCUT2D eigenvalue weighted by atomic mass is 16.2. The van der Waals surface area contributed by atoms with Gasteiger partial charge in [0.25, 0.3) is 5.91 Å². The molecule has 0 radical (unpaired) electrons. The lowest BCUT2D eigenvalue weighted by molar-refractivity contribution is 0.0689. The van der Waals surface area contributed by atoms with Crippen molar-refractivity contribution in [1.82, 2.24) is 29.5 Å². The average Bonchev–Trinajstić information content (AvgIpc) is 3.67. The number of nitrogens with zero attached hydrogens (tertiary/aromatic N) is 6. The van der Waals surface area contributed by atoms with Crippen LogP contribution >= 0.6 is 0 Å². The molecule has 8 heteroatoms. The first-order chi connectivity index (χ1) is 17.3. The number of imidazole rings is 1. The number of hydrogen-bond acceptors (Lipinski definition) is 5. The molecule has 2 aliphatic rings. The normalized spacial score (nSPS) is 17.9. The third-order valence-electron chi connectivity index (χ3n) is 7.32. The summed E-state index contributed by atoms with van der Waals surface area (Å²) in [5.74, 6) is -0.0532. The first kappa shape index (κ1) is 20.2. The van der Waals surface area contributed by atoms with Gasteiger partial charge in [0.1, 0.15) is 6.04 Å². The minimum absolute atomic E-state index is 0.0532. The van der Waals surface area contributed by atoms with E-state index < -0.39 is 0 Å². The molecule has 0 bridgehead atoms. The molecule has 1 amide bonds. The summed E-state index contributed by atoms with van der Waals surface area (Å²) >= 11 is 0. The lowest BCUT2D eigenvalue weighted by Crippen LogP contribution is -2.41. The average molecular weight is 464 g/mol. The van der Waals surface area contributed by atoms with E-state index in [9.17, 15) is 4.79 Å². The van der Waals surface area contributed by atoms with Crippen LogP contribution in [0.1, 0.15) is 46.3 Å². The van der Waals surface area contributed by atoms with Crippen molar-refractivity contribution < 1.29 is 4.79 Å². The molecule has 0 spiro atoms. The summed E-state index contributed by atoms with van der Waals surface area (Å²) in [4.78, 5) is 30.9. The summed E-state index contributed by atoms with van der Waals surface area (Å²) in [6.07, 6.45) is 10.5. The summed E-state index contributed by atoms with van der Waals surface area (Å²) < 4.78 is 1.83. The van der Waals surface area contributed by atoms with Gasteiger partial charge < -0.3 is 14.8 Å². The second-order valence-corrected chi connectivity index (χ2v) is 9.34. The number of nitrogens with one attached hydrogen (secondary N) is 1. The Balaban J connectivity index is 1.29. The fourth-order valence-corrected chi connectivity index (χ4v) is 5.50. The van der Waals surface area contributed by atoms with E-state index >= 15 is 0 Å². The Morgan fingerprint density at radius 2 is 1.83 bits per heavy atom. The van der Waals surface area contributed by atoms with Gasteiger partial charge in [0, 0.05) is 43.3 Å². The molecule has 1 fully saturated rings. The molecule has 1 saturated heterocycles. The summed E-state index contributed by atoms with van der Waals surface area (Å²) in [5.41, 5.74) is 5.30. The fourth-order valence-electron chi connectivity index (χ4n) is 5.50. The number of aromatic amines is 1. The van der Waals surface area contributed by atoms with Crippen molar-refractivity contribution in [3.05, 3.63) is 90.0 Å². The third-order valence-corrected chi connectivity index (χ3v) is 7.32. The zero-order valence-corrected chi connectivity index (χ0v) is 19.3. The summed E-state index contributed by atoms with van der Waals surface area (Å²) in [7, 11) is 0. The zero-order valence-electron chi connectivity index (χ0n) is 19.3. The van der Waals surface area contributed by atoms with E-state index in [0.717, 1.165) is 58.6 Å². The number of amides is 1. The Kier molecular flexibility index (Phi) is 4.58. The number of H-pyrrole nitrogens is 1. The molecule has 35 heavy (non-hydrogen) atoms. The fraction of sp³-hybridized carbons (Fsp3) is 0.259. The molecular formula is C27H25N7O. The molecule has 1 atom stereocenters. The van der Waals surface area contributed by atoms with Crippen LogP contribution in [0.4, 0.5) is 5.69 Å². The van der Waals surface area contributed by atoms with E-state index in [1.165, 1.54) is 12.8 Å². The highest BCUT2D eigenvalue weighted by Gasteiger charge is 2.36. The van der Waals surface area contributed by atoms with Gasteiger partial charge in [-0.1, -0.05) is 24.3 Å². The van der Waals surface area contributed by atoms with Crippen LogP contribution in [0.2, 0.25) is 0 Å². The van der Waals surface area contributed by atoms with Crippen LogP contribution in [0.3, 0.4) is 0 Å². The van der Waals surface area contributed by atoms with Gasteiger partial charge in [0.15, 0.2) is 0 Å². The van der Waals surface area contributed by atoms with Crippen LogP contribution in [0, 0.1) is 0 Å². The van der Waals surface area contributed by atoms with Crippen molar-refractivity contribution in [3.63, 3.8) is 0 Å². The second kappa shape index (κ2) is 7.94. The summed E-state index contributed by atoms with van der Waals surface area (Å²) in [6.45, 7) is 2.72. The predicted molar refractivity (Wildman–Crippen MR) is 134 cm³/mol. The Labute approximate surface area is 202 Å². The number of benzene rings is 1. The number of hydrogen-bond donors (Lipinski definition) is 1. The van der Waals surface area contributed by atoms with Gasteiger partial charge in [-0.25, -0.2) is 9.50 Å². The molecule has 0 unspecified atom stereocenters. The van der Waals surface area contributed by atoms with Crippen molar-refractivity contribution in [2.24, 2.45) is 0 Å². The number of rotatable bonds is 3. The first-order valence-corrected chi connectivity index (χ1v) is 12.2. The monoisotopic (exact) mass is 463 g/mol. The van der Waals surface area contributed by atoms with Crippen LogP contribution in [0.5, 0.6) is 0 Å². The molecule has 6 heterocycles. The molecule has 174 valence electrons. The summed E-state index contributed by atoms with van der Waals surface area (Å²) in [6, 6.07) is 14.0. The molecule has 5 aromatic rings. The molecule has 8 nitrogen and oxygen atoms in total. The van der Waals surface area contributed by atoms with E-state index in [1.807, 2.05) is 46.1 Å². The SMILES string of the molecule is O=C(c1cnn2cc(N3CCCC3)ccc12)N1CCc2[nH]cnc2[C@H]1c1cc2ccccc2cn1. The maximum Gasteiger partial charge on any atom is 0.258 e. The van der Waals surface area contributed by atoms with E-state index in [0.29, 0.717) is 12.1 Å². The quantitative estimate of drug-likeness (QED) is 0.437. The highest BCUT2D eigenvalue weighted by Crippen LogP contribution is 2.35. The lowest BCUT2D eigenvalue weighted by Gasteiger charge is -2.34. The number of carbonyl (C=O) groups excluding carboxylic acids is 1. The maximum atomic E-state index is 14.0. The molecule has 4 aromatic heterocycles. The van der Waals surface area contributed by atoms with Crippen LogP contribution in [-0.4, -0.2) is 55.0 Å². The van der Waals surface area contributed by atoms with Crippen molar-refractivity contribution in [2.45, 2.75) is 25.3 Å². The third kappa shape index (κ3) is 3.28. The van der Waals surface area contributed by atoms with Gasteiger partial charge >= 0.3 is 0 Å². The van der Waals surface area contributed by atoms with E-state index in [2.05, 4.69) is 38.2 Å². The Hall–Kier alpha value is -4.20. The van der Waals surface area contributed by atoms with Crippen molar-refractivity contribution in [1.29, 1.82) is 0 Å². The largest absolute Gasteiger partial charge is 0.370 e.